The Hall–Kier alpha value is -1.48. The Balaban J connectivity index is 2.61. The number of nitrogen functional groups attached to an aromatic ring is 1. The Morgan fingerprint density at radius 2 is 1.95 bits per heavy atom. The van der Waals surface area contributed by atoms with E-state index in [-0.39, 0.29) is 5.41 Å². The van der Waals surface area contributed by atoms with E-state index in [1.807, 2.05) is 24.3 Å². The van der Waals surface area contributed by atoms with E-state index < -0.39 is 0 Å². The molecule has 0 radical (unpaired) electrons. The molecule has 0 saturated heterocycles. The molecule has 0 unspecified atom stereocenters. The topological polar surface area (TPSA) is 43.8 Å². The van der Waals surface area contributed by atoms with Gasteiger partial charge in [-0.1, -0.05) is 58.4 Å². The van der Waals surface area contributed by atoms with Gasteiger partial charge in [0.25, 0.3) is 0 Å². The first-order valence-corrected chi connectivity index (χ1v) is 7.70. The molecule has 1 aromatic heterocycles. The van der Waals surface area contributed by atoms with Gasteiger partial charge in [-0.15, -0.1) is 0 Å². The van der Waals surface area contributed by atoms with Crippen LogP contribution in [0.4, 0.5) is 5.82 Å². The molecule has 4 heteroatoms. The molecule has 0 amide bonds. The van der Waals surface area contributed by atoms with Crippen molar-refractivity contribution in [2.24, 2.45) is 5.92 Å². The van der Waals surface area contributed by atoms with Crippen molar-refractivity contribution in [3.8, 4) is 11.3 Å². The summed E-state index contributed by atoms with van der Waals surface area (Å²) in [5.41, 5.74) is 8.12. The average molecular weight is 306 g/mol. The molecule has 1 aromatic carbocycles. The van der Waals surface area contributed by atoms with E-state index in [9.17, 15) is 0 Å². The van der Waals surface area contributed by atoms with E-state index in [0.29, 0.717) is 10.9 Å². The van der Waals surface area contributed by atoms with Crippen LogP contribution in [0.3, 0.4) is 0 Å². The Morgan fingerprint density at radius 3 is 2.48 bits per heavy atom. The number of hydrogen-bond donors (Lipinski definition) is 1. The highest BCUT2D eigenvalue weighted by atomic mass is 35.5. The third kappa shape index (κ3) is 3.41. The third-order valence-corrected chi connectivity index (χ3v) is 3.56. The van der Waals surface area contributed by atoms with Crippen LogP contribution in [0, 0.1) is 5.92 Å². The van der Waals surface area contributed by atoms with Crippen LogP contribution < -0.4 is 5.73 Å². The van der Waals surface area contributed by atoms with Gasteiger partial charge in [0, 0.05) is 22.5 Å². The molecule has 114 valence electrons. The molecule has 0 aliphatic carbocycles. The molecule has 2 N–H and O–H groups in total. The van der Waals surface area contributed by atoms with Crippen LogP contribution in [-0.4, -0.2) is 9.55 Å². The summed E-state index contributed by atoms with van der Waals surface area (Å²) in [6, 6.07) is 7.69. The Labute approximate surface area is 132 Å². The van der Waals surface area contributed by atoms with E-state index >= 15 is 0 Å². The molecule has 0 atom stereocenters. The van der Waals surface area contributed by atoms with Crippen molar-refractivity contribution >= 4 is 17.4 Å². The van der Waals surface area contributed by atoms with Gasteiger partial charge >= 0.3 is 0 Å². The summed E-state index contributed by atoms with van der Waals surface area (Å²) in [7, 11) is 0. The summed E-state index contributed by atoms with van der Waals surface area (Å²) in [5, 5.41) is 0.697. The van der Waals surface area contributed by atoms with Gasteiger partial charge in [0.05, 0.1) is 0 Å². The van der Waals surface area contributed by atoms with Crippen LogP contribution in [-0.2, 0) is 12.0 Å². The molecule has 3 nitrogen and oxygen atoms in total. The van der Waals surface area contributed by atoms with Gasteiger partial charge in [-0.3, -0.25) is 0 Å². The van der Waals surface area contributed by atoms with Crippen molar-refractivity contribution in [3.63, 3.8) is 0 Å². The first kappa shape index (κ1) is 15.9. The number of rotatable bonds is 3. The van der Waals surface area contributed by atoms with Gasteiger partial charge in [0.1, 0.15) is 17.3 Å². The maximum absolute atomic E-state index is 6.39. The Bertz CT molecular complexity index is 636. The van der Waals surface area contributed by atoms with E-state index in [1.54, 1.807) is 0 Å². The quantitative estimate of drug-likeness (QED) is 0.890. The molecule has 0 bridgehead atoms. The number of anilines is 1. The van der Waals surface area contributed by atoms with Crippen LogP contribution in [0.5, 0.6) is 0 Å². The zero-order valence-corrected chi connectivity index (χ0v) is 14.2. The molecule has 1 heterocycles. The van der Waals surface area contributed by atoms with E-state index in [0.717, 1.165) is 29.4 Å². The monoisotopic (exact) mass is 305 g/mol. The zero-order chi connectivity index (χ0) is 15.8. The first-order chi connectivity index (χ1) is 9.70. The van der Waals surface area contributed by atoms with E-state index in [4.69, 9.17) is 22.3 Å². The molecular formula is C17H24ClN3. The third-order valence-electron chi connectivity index (χ3n) is 3.32. The second-order valence-corrected chi connectivity index (χ2v) is 7.37. The summed E-state index contributed by atoms with van der Waals surface area (Å²) in [5.74, 6) is 2.24. The fourth-order valence-electron chi connectivity index (χ4n) is 2.44. The summed E-state index contributed by atoms with van der Waals surface area (Å²) < 4.78 is 2.14. The summed E-state index contributed by atoms with van der Waals surface area (Å²) in [6.07, 6.45) is 0. The predicted octanol–water partition coefficient (Wildman–Crippen LogP) is 4.74. The molecule has 2 aromatic rings. The summed E-state index contributed by atoms with van der Waals surface area (Å²) in [4.78, 5) is 4.82. The maximum atomic E-state index is 6.39. The summed E-state index contributed by atoms with van der Waals surface area (Å²) in [6.45, 7) is 11.7. The van der Waals surface area contributed by atoms with Gasteiger partial charge in [-0.05, 0) is 18.1 Å². The summed E-state index contributed by atoms with van der Waals surface area (Å²) >= 11 is 6.09. The van der Waals surface area contributed by atoms with Gasteiger partial charge in [-0.2, -0.15) is 0 Å². The minimum atomic E-state index is -0.0557. The normalized spacial score (nSPS) is 12.1. The number of imidazole rings is 1. The van der Waals surface area contributed by atoms with Crippen molar-refractivity contribution in [1.82, 2.24) is 9.55 Å². The lowest BCUT2D eigenvalue weighted by atomic mass is 9.95. The van der Waals surface area contributed by atoms with Crippen molar-refractivity contribution in [3.05, 3.63) is 35.1 Å². The largest absolute Gasteiger partial charge is 0.383 e. The molecule has 0 spiro atoms. The molecule has 2 rings (SSSR count). The lowest BCUT2D eigenvalue weighted by molar-refractivity contribution is 0.455. The minimum absolute atomic E-state index is 0.0557. The van der Waals surface area contributed by atoms with Crippen LogP contribution in [0.2, 0.25) is 5.02 Å². The number of hydrogen-bond acceptors (Lipinski definition) is 2. The maximum Gasteiger partial charge on any atom is 0.131 e. The fourth-order valence-corrected chi connectivity index (χ4v) is 2.63. The smallest absolute Gasteiger partial charge is 0.131 e. The van der Waals surface area contributed by atoms with Gasteiger partial charge in [0.2, 0.25) is 0 Å². The highest BCUT2D eigenvalue weighted by molar-refractivity contribution is 6.30. The van der Waals surface area contributed by atoms with E-state index in [2.05, 4.69) is 39.2 Å². The van der Waals surface area contributed by atoms with Crippen LogP contribution in [0.15, 0.2) is 24.3 Å². The van der Waals surface area contributed by atoms with Crippen molar-refractivity contribution < 1.29 is 0 Å². The molecular weight excluding hydrogens is 282 g/mol. The van der Waals surface area contributed by atoms with Crippen LogP contribution >= 0.6 is 11.6 Å². The van der Waals surface area contributed by atoms with Crippen LogP contribution in [0.1, 0.15) is 40.4 Å². The van der Waals surface area contributed by atoms with Crippen molar-refractivity contribution in [1.29, 1.82) is 0 Å². The standard InChI is InChI=1S/C17H24ClN3/c1-11(2)10-21-15(19)14(20-16(21)17(3,4)5)12-7-6-8-13(18)9-12/h6-9,11H,10,19H2,1-5H3. The Morgan fingerprint density at radius 1 is 1.29 bits per heavy atom. The molecule has 21 heavy (non-hydrogen) atoms. The molecule has 0 fully saturated rings. The van der Waals surface area contributed by atoms with Gasteiger partial charge in [0.15, 0.2) is 0 Å². The highest BCUT2D eigenvalue weighted by Crippen LogP contribution is 2.33. The van der Waals surface area contributed by atoms with E-state index in [1.165, 1.54) is 0 Å². The average Bonchev–Trinajstić information content (AvgIpc) is 2.66. The van der Waals surface area contributed by atoms with Crippen molar-refractivity contribution in [2.75, 3.05) is 5.73 Å². The van der Waals surface area contributed by atoms with Gasteiger partial charge in [-0.25, -0.2) is 4.98 Å². The Kier molecular flexibility index (Phi) is 4.33. The zero-order valence-electron chi connectivity index (χ0n) is 13.4. The number of nitrogens with two attached hydrogens (primary N) is 1. The lowest BCUT2D eigenvalue weighted by Gasteiger charge is -2.21. The first-order valence-electron chi connectivity index (χ1n) is 7.32. The number of benzene rings is 1. The van der Waals surface area contributed by atoms with Gasteiger partial charge < -0.3 is 10.3 Å². The number of aromatic nitrogens is 2. The van der Waals surface area contributed by atoms with Crippen LogP contribution in [0.25, 0.3) is 11.3 Å². The highest BCUT2D eigenvalue weighted by Gasteiger charge is 2.25. The predicted molar refractivity (Wildman–Crippen MR) is 90.6 cm³/mol. The van der Waals surface area contributed by atoms with Crippen molar-refractivity contribution in [2.45, 2.75) is 46.6 Å². The molecule has 0 saturated carbocycles. The SMILES string of the molecule is CC(C)Cn1c(C(C)(C)C)nc(-c2cccc(Cl)c2)c1N. The number of nitrogens with zero attached hydrogens (tertiary/aromatic N) is 2. The minimum Gasteiger partial charge on any atom is -0.383 e. The number of halogens is 1. The second kappa shape index (κ2) is 5.72. The fraction of sp³-hybridized carbons (Fsp3) is 0.471. The molecule has 0 aliphatic rings. The second-order valence-electron chi connectivity index (χ2n) is 6.93. The molecule has 0 aliphatic heterocycles. The lowest BCUT2D eigenvalue weighted by Crippen LogP contribution is -2.21.